The Hall–Kier alpha value is -0.260. The van der Waals surface area contributed by atoms with Gasteiger partial charge < -0.3 is 0 Å². The molecule has 0 aliphatic rings. The van der Waals surface area contributed by atoms with Crippen LogP contribution in [0.5, 0.6) is 0 Å². The second kappa shape index (κ2) is 4.08. The molecule has 0 aromatic carbocycles. The normalized spacial score (nSPS) is 14.3. The van der Waals surface area contributed by atoms with E-state index in [1.165, 1.54) is 10.9 Å². The van der Waals surface area contributed by atoms with Crippen molar-refractivity contribution in [1.29, 1.82) is 0 Å². The predicted molar refractivity (Wildman–Crippen MR) is 55.3 cm³/mol. The molecule has 0 spiro atoms. The molecule has 1 atom stereocenters. The van der Waals surface area contributed by atoms with E-state index in [0.717, 1.165) is 6.42 Å². The van der Waals surface area contributed by atoms with Gasteiger partial charge in [-0.05, 0) is 13.3 Å². The number of halogens is 2. The summed E-state index contributed by atoms with van der Waals surface area (Å²) in [7, 11) is 1.40. The van der Waals surface area contributed by atoms with Crippen molar-refractivity contribution in [3.05, 3.63) is 11.2 Å². The summed E-state index contributed by atoms with van der Waals surface area (Å²) >= 11 is 5.68. The summed E-state index contributed by atoms with van der Waals surface area (Å²) in [6.45, 7) is 3.76. The zero-order valence-corrected chi connectivity index (χ0v) is 10.1. The minimum Gasteiger partial charge on any atom is -0.249 e. The van der Waals surface area contributed by atoms with Crippen molar-refractivity contribution < 1.29 is 8.42 Å². The molecule has 0 radical (unpaired) electrons. The topological polar surface area (TPSA) is 52.0 Å². The molecule has 0 saturated heterocycles. The summed E-state index contributed by atoms with van der Waals surface area (Å²) < 4.78 is 23.7. The van der Waals surface area contributed by atoms with Gasteiger partial charge in [0.2, 0.25) is 0 Å². The summed E-state index contributed by atoms with van der Waals surface area (Å²) in [5, 5.41) is 3.80. The van der Waals surface area contributed by atoms with Crippen molar-refractivity contribution in [2.45, 2.75) is 31.3 Å². The molecule has 0 amide bonds. The van der Waals surface area contributed by atoms with Gasteiger partial charge in [0.25, 0.3) is 9.05 Å². The highest BCUT2D eigenvalue weighted by molar-refractivity contribution is 8.13. The van der Waals surface area contributed by atoms with Crippen LogP contribution >= 0.6 is 22.3 Å². The van der Waals surface area contributed by atoms with E-state index >= 15 is 0 Å². The molecular weight excluding hydrogens is 247 g/mol. The second-order valence-electron chi connectivity index (χ2n) is 2.94. The van der Waals surface area contributed by atoms with E-state index in [9.17, 15) is 8.42 Å². The van der Waals surface area contributed by atoms with E-state index in [-0.39, 0.29) is 16.1 Å². The minimum absolute atomic E-state index is 0.0500. The molecule has 1 rings (SSSR count). The maximum atomic E-state index is 11.2. The lowest BCUT2D eigenvalue weighted by Crippen LogP contribution is -2.11. The zero-order valence-electron chi connectivity index (χ0n) is 7.74. The van der Waals surface area contributed by atoms with Gasteiger partial charge >= 0.3 is 0 Å². The fourth-order valence-electron chi connectivity index (χ4n) is 1.05. The Bertz CT molecular complexity index is 427. The van der Waals surface area contributed by atoms with Crippen molar-refractivity contribution >= 4 is 31.3 Å². The molecule has 0 unspecified atom stereocenters. The number of nitrogens with zero attached hydrogens (tertiary/aromatic N) is 2. The summed E-state index contributed by atoms with van der Waals surface area (Å²) in [5.74, 6) is 0. The first-order chi connectivity index (χ1) is 6.38. The van der Waals surface area contributed by atoms with Crippen LogP contribution in [0, 0.1) is 0 Å². The monoisotopic (exact) mass is 256 g/mol. The summed E-state index contributed by atoms with van der Waals surface area (Å²) in [4.78, 5) is 0. The molecule has 4 nitrogen and oxygen atoms in total. The van der Waals surface area contributed by atoms with Gasteiger partial charge in [-0.1, -0.05) is 18.5 Å². The van der Waals surface area contributed by atoms with Crippen molar-refractivity contribution in [1.82, 2.24) is 9.78 Å². The molecule has 7 heteroatoms. The minimum atomic E-state index is -3.84. The summed E-state index contributed by atoms with van der Waals surface area (Å²) in [6.07, 6.45) is 2.03. The first-order valence-electron chi connectivity index (χ1n) is 4.05. The Balaban J connectivity index is 3.34. The predicted octanol–water partition coefficient (Wildman–Crippen LogP) is 2.44. The number of hydrogen-bond acceptors (Lipinski definition) is 3. The SMILES string of the molecule is CC[C@H](C)n1ncc(Cl)c1S(=O)(=O)Cl. The van der Waals surface area contributed by atoms with Gasteiger partial charge in [0, 0.05) is 10.7 Å². The highest BCUT2D eigenvalue weighted by Gasteiger charge is 2.23. The molecular formula is C7H10Cl2N2O2S. The highest BCUT2D eigenvalue weighted by Crippen LogP contribution is 2.27. The smallest absolute Gasteiger partial charge is 0.249 e. The van der Waals surface area contributed by atoms with E-state index < -0.39 is 9.05 Å². The van der Waals surface area contributed by atoms with Gasteiger partial charge in [0.15, 0.2) is 5.03 Å². The van der Waals surface area contributed by atoms with E-state index in [1.807, 2.05) is 13.8 Å². The zero-order chi connectivity index (χ0) is 10.9. The van der Waals surface area contributed by atoms with Crippen LogP contribution < -0.4 is 0 Å². The van der Waals surface area contributed by atoms with Crippen LogP contribution in [0.4, 0.5) is 0 Å². The fourth-order valence-corrected chi connectivity index (χ4v) is 2.80. The molecule has 1 aromatic heterocycles. The van der Waals surface area contributed by atoms with Crippen LogP contribution in [0.1, 0.15) is 26.3 Å². The third kappa shape index (κ3) is 2.21. The summed E-state index contributed by atoms with van der Waals surface area (Å²) in [6, 6.07) is -0.0500. The average molecular weight is 257 g/mol. The number of aromatic nitrogens is 2. The quantitative estimate of drug-likeness (QED) is 0.781. The van der Waals surface area contributed by atoms with Crippen LogP contribution in [0.25, 0.3) is 0 Å². The maximum Gasteiger partial charge on any atom is 0.279 e. The lowest BCUT2D eigenvalue weighted by molar-refractivity contribution is 0.438. The van der Waals surface area contributed by atoms with Crippen LogP contribution in [-0.2, 0) is 9.05 Å². The Labute approximate surface area is 92.2 Å². The molecule has 0 bridgehead atoms. The molecule has 0 aliphatic heterocycles. The molecule has 0 fully saturated rings. The molecule has 0 aliphatic carbocycles. The Morgan fingerprint density at radius 2 is 2.21 bits per heavy atom. The Kier molecular flexibility index (Phi) is 3.44. The van der Waals surface area contributed by atoms with Crippen LogP contribution in [0.2, 0.25) is 5.02 Å². The standard InChI is InChI=1S/C7H10Cl2N2O2S/c1-3-5(2)11-7(14(9,12)13)6(8)4-10-11/h4-5H,3H2,1-2H3/t5-/m0/s1. The van der Waals surface area contributed by atoms with E-state index in [2.05, 4.69) is 5.10 Å². The van der Waals surface area contributed by atoms with E-state index in [4.69, 9.17) is 22.3 Å². The Morgan fingerprint density at radius 1 is 1.64 bits per heavy atom. The third-order valence-electron chi connectivity index (χ3n) is 1.95. The molecule has 0 saturated carbocycles. The average Bonchev–Trinajstić information content (AvgIpc) is 2.44. The fraction of sp³-hybridized carbons (Fsp3) is 0.571. The maximum absolute atomic E-state index is 11.2. The lowest BCUT2D eigenvalue weighted by atomic mass is 10.3. The highest BCUT2D eigenvalue weighted by atomic mass is 35.7. The van der Waals surface area contributed by atoms with E-state index in [1.54, 1.807) is 0 Å². The number of hydrogen-bond donors (Lipinski definition) is 0. The van der Waals surface area contributed by atoms with Crippen molar-refractivity contribution in [2.24, 2.45) is 0 Å². The van der Waals surface area contributed by atoms with Crippen molar-refractivity contribution in [3.8, 4) is 0 Å². The molecule has 1 aromatic rings. The van der Waals surface area contributed by atoms with Gasteiger partial charge in [-0.2, -0.15) is 5.10 Å². The summed E-state index contributed by atoms with van der Waals surface area (Å²) in [5.41, 5.74) is 0. The molecule has 80 valence electrons. The lowest BCUT2D eigenvalue weighted by Gasteiger charge is -2.11. The molecule has 14 heavy (non-hydrogen) atoms. The van der Waals surface area contributed by atoms with Crippen LogP contribution in [0.15, 0.2) is 11.2 Å². The second-order valence-corrected chi connectivity index (χ2v) is 5.83. The Morgan fingerprint density at radius 3 is 2.64 bits per heavy atom. The first-order valence-corrected chi connectivity index (χ1v) is 6.74. The van der Waals surface area contributed by atoms with Gasteiger partial charge in [-0.3, -0.25) is 0 Å². The van der Waals surface area contributed by atoms with Crippen molar-refractivity contribution in [3.63, 3.8) is 0 Å². The van der Waals surface area contributed by atoms with Crippen LogP contribution in [0.3, 0.4) is 0 Å². The van der Waals surface area contributed by atoms with Gasteiger partial charge in [0.05, 0.1) is 17.3 Å². The largest absolute Gasteiger partial charge is 0.279 e. The third-order valence-corrected chi connectivity index (χ3v) is 3.64. The van der Waals surface area contributed by atoms with Crippen LogP contribution in [-0.4, -0.2) is 18.2 Å². The first kappa shape index (κ1) is 11.8. The molecule has 1 heterocycles. The van der Waals surface area contributed by atoms with Crippen molar-refractivity contribution in [2.75, 3.05) is 0 Å². The van der Waals surface area contributed by atoms with Gasteiger partial charge in [0.1, 0.15) is 0 Å². The van der Waals surface area contributed by atoms with Gasteiger partial charge in [-0.25, -0.2) is 13.1 Å². The molecule has 0 N–H and O–H groups in total. The van der Waals surface area contributed by atoms with E-state index in [0.29, 0.717) is 0 Å². The number of rotatable bonds is 3. The van der Waals surface area contributed by atoms with Gasteiger partial charge in [-0.15, -0.1) is 0 Å².